The fraction of sp³-hybridized carbons (Fsp3) is 0.0392. The van der Waals surface area contributed by atoms with E-state index in [2.05, 4.69) is 158 Å². The average molecular weight is 704 g/mol. The molecule has 0 saturated heterocycles. The Bertz CT molecular complexity index is 3150. The zero-order valence-corrected chi connectivity index (χ0v) is 29.9. The summed E-state index contributed by atoms with van der Waals surface area (Å²) in [5.41, 5.74) is 12.2. The molecule has 1 aliphatic rings. The molecule has 8 aromatic carbocycles. The zero-order chi connectivity index (χ0) is 36.3. The summed E-state index contributed by atoms with van der Waals surface area (Å²) < 4.78 is 6.20. The lowest BCUT2D eigenvalue weighted by molar-refractivity contribution is 0.669. The third-order valence-corrected chi connectivity index (χ3v) is 11.0. The molecule has 2 aromatic heterocycles. The number of para-hydroxylation sites is 1. The van der Waals surface area contributed by atoms with Crippen molar-refractivity contribution in [1.82, 2.24) is 15.0 Å². The highest BCUT2D eigenvalue weighted by Crippen LogP contribution is 2.38. The highest BCUT2D eigenvalue weighted by atomic mass is 16.3. The van der Waals surface area contributed by atoms with E-state index in [-0.39, 0.29) is 0 Å². The number of furan rings is 1. The summed E-state index contributed by atoms with van der Waals surface area (Å²) in [7, 11) is 0. The summed E-state index contributed by atoms with van der Waals surface area (Å²) in [6.45, 7) is 0. The van der Waals surface area contributed by atoms with Crippen LogP contribution >= 0.6 is 0 Å². The van der Waals surface area contributed by atoms with Crippen LogP contribution in [0, 0.1) is 0 Å². The number of aromatic nitrogens is 3. The maximum absolute atomic E-state index is 6.20. The van der Waals surface area contributed by atoms with Crippen molar-refractivity contribution >= 4 is 49.1 Å². The lowest BCUT2D eigenvalue weighted by Gasteiger charge is -2.18. The highest BCUT2D eigenvalue weighted by Gasteiger charge is 2.17. The second-order valence-electron chi connectivity index (χ2n) is 14.3. The van der Waals surface area contributed by atoms with Crippen molar-refractivity contribution in [2.45, 2.75) is 12.8 Å². The Kier molecular flexibility index (Phi) is 7.27. The first-order valence-corrected chi connectivity index (χ1v) is 18.8. The molecule has 0 radical (unpaired) electrons. The molecule has 0 bridgehead atoms. The van der Waals surface area contributed by atoms with Crippen molar-refractivity contribution in [3.63, 3.8) is 0 Å². The number of hydrogen-bond donors (Lipinski definition) is 0. The number of fused-ring (bicyclic) bond motifs is 6. The molecule has 0 atom stereocenters. The largest absolute Gasteiger partial charge is 0.456 e. The van der Waals surface area contributed by atoms with Crippen LogP contribution in [0.3, 0.4) is 0 Å². The molecule has 11 rings (SSSR count). The molecule has 1 aliphatic carbocycles. The maximum atomic E-state index is 6.20. The van der Waals surface area contributed by atoms with Crippen molar-refractivity contribution < 1.29 is 4.42 Å². The van der Waals surface area contributed by atoms with Gasteiger partial charge in [0.25, 0.3) is 0 Å². The summed E-state index contributed by atoms with van der Waals surface area (Å²) in [4.78, 5) is 15.3. The summed E-state index contributed by atoms with van der Waals surface area (Å²) in [5.74, 6) is 1.94. The molecule has 0 N–H and O–H groups in total. The van der Waals surface area contributed by atoms with Gasteiger partial charge in [0.15, 0.2) is 17.5 Å². The fourth-order valence-electron chi connectivity index (χ4n) is 8.21. The van der Waals surface area contributed by atoms with Gasteiger partial charge in [-0.2, -0.15) is 0 Å². The second kappa shape index (κ2) is 12.8. The Labute approximate surface area is 318 Å². The molecule has 55 heavy (non-hydrogen) atoms. The van der Waals surface area contributed by atoms with Crippen LogP contribution in [0.15, 0.2) is 180 Å². The van der Waals surface area contributed by atoms with Crippen LogP contribution in [0.1, 0.15) is 23.1 Å². The minimum atomic E-state index is 0.641. The van der Waals surface area contributed by atoms with Crippen LogP contribution in [-0.2, 0) is 6.42 Å². The molecule has 2 heterocycles. The van der Waals surface area contributed by atoms with Crippen molar-refractivity contribution in [2.75, 3.05) is 0 Å². The smallest absolute Gasteiger partial charge is 0.164 e. The molecular weight excluding hydrogens is 671 g/mol. The average Bonchev–Trinajstić information content (AvgIpc) is 3.65. The number of benzene rings is 8. The van der Waals surface area contributed by atoms with Crippen molar-refractivity contribution in [1.29, 1.82) is 0 Å². The van der Waals surface area contributed by atoms with Crippen molar-refractivity contribution in [3.05, 3.63) is 193 Å². The topological polar surface area (TPSA) is 51.8 Å². The van der Waals surface area contributed by atoms with Gasteiger partial charge in [-0.3, -0.25) is 0 Å². The Morgan fingerprint density at radius 1 is 0.400 bits per heavy atom. The molecule has 0 unspecified atom stereocenters. The molecule has 10 aromatic rings. The lowest BCUT2D eigenvalue weighted by atomic mass is 9.87. The van der Waals surface area contributed by atoms with E-state index in [1.807, 2.05) is 18.2 Å². The molecule has 4 nitrogen and oxygen atoms in total. The van der Waals surface area contributed by atoms with Crippen LogP contribution < -0.4 is 0 Å². The molecule has 0 fully saturated rings. The normalized spacial score (nSPS) is 12.7. The van der Waals surface area contributed by atoms with Gasteiger partial charge in [-0.05, 0) is 98.1 Å². The monoisotopic (exact) mass is 703 g/mol. The quantitative estimate of drug-likeness (QED) is 0.179. The Hall–Kier alpha value is -7.17. The summed E-state index contributed by atoms with van der Waals surface area (Å²) in [6, 6.07) is 59.9. The highest BCUT2D eigenvalue weighted by molar-refractivity contribution is 6.13. The number of nitrogens with zero attached hydrogens (tertiary/aromatic N) is 3. The zero-order valence-electron chi connectivity index (χ0n) is 29.9. The van der Waals surface area contributed by atoms with Gasteiger partial charge in [0, 0.05) is 27.5 Å². The first-order valence-electron chi connectivity index (χ1n) is 18.8. The first kappa shape index (κ1) is 31.4. The van der Waals surface area contributed by atoms with Crippen molar-refractivity contribution in [2.24, 2.45) is 0 Å². The van der Waals surface area contributed by atoms with E-state index >= 15 is 0 Å². The minimum Gasteiger partial charge on any atom is -0.456 e. The van der Waals surface area contributed by atoms with E-state index < -0.39 is 0 Å². The van der Waals surface area contributed by atoms with Gasteiger partial charge in [0.05, 0.1) is 0 Å². The standard InChI is InChI=1S/C51H33N3O/c1-2-11-36-30-40(27-19-32(36)9-1)50-52-49(35-22-20-34(21-23-35)43-15-7-12-33-10-3-4-13-42(33)43)53-51(54-50)41-28-25-37-29-39(26-24-38(37)31-41)44-16-8-18-47-48(44)45-14-5-6-17-46(45)55-47/h1-6,8-11,13-31H,7,12H2. The van der Waals surface area contributed by atoms with Gasteiger partial charge in [-0.15, -0.1) is 0 Å². The van der Waals surface area contributed by atoms with Gasteiger partial charge in [0.2, 0.25) is 0 Å². The predicted octanol–water partition coefficient (Wildman–Crippen LogP) is 13.1. The number of hydrogen-bond acceptors (Lipinski definition) is 4. The van der Waals surface area contributed by atoms with Gasteiger partial charge < -0.3 is 4.42 Å². The first-order chi connectivity index (χ1) is 27.2. The molecular formula is C51H33N3O. The van der Waals surface area contributed by atoms with Crippen LogP contribution in [0.5, 0.6) is 0 Å². The van der Waals surface area contributed by atoms with E-state index in [4.69, 9.17) is 19.4 Å². The number of aryl methyl sites for hydroxylation is 1. The van der Waals surface area contributed by atoms with Crippen LogP contribution in [0.4, 0.5) is 0 Å². The molecule has 0 aliphatic heterocycles. The lowest BCUT2D eigenvalue weighted by Crippen LogP contribution is -2.02. The van der Waals surface area contributed by atoms with Gasteiger partial charge in [0.1, 0.15) is 11.2 Å². The van der Waals surface area contributed by atoms with Gasteiger partial charge in [-0.25, -0.2) is 15.0 Å². The summed E-state index contributed by atoms with van der Waals surface area (Å²) in [6.07, 6.45) is 4.49. The SMILES string of the molecule is C1=C(c2ccc(-c3nc(-c4ccc5ccccc5c4)nc(-c4ccc5cc(-c6cccc7oc8ccccc8c67)ccc5c4)n3)cc2)c2ccccc2CC1. The van der Waals surface area contributed by atoms with Gasteiger partial charge >= 0.3 is 0 Å². The summed E-state index contributed by atoms with van der Waals surface area (Å²) >= 11 is 0. The molecule has 258 valence electrons. The van der Waals surface area contributed by atoms with E-state index in [0.29, 0.717) is 17.5 Å². The maximum Gasteiger partial charge on any atom is 0.164 e. The van der Waals surface area contributed by atoms with E-state index in [9.17, 15) is 0 Å². The van der Waals surface area contributed by atoms with E-state index in [1.54, 1.807) is 0 Å². The fourth-order valence-corrected chi connectivity index (χ4v) is 8.21. The second-order valence-corrected chi connectivity index (χ2v) is 14.3. The summed E-state index contributed by atoms with van der Waals surface area (Å²) in [5, 5.41) is 6.86. The van der Waals surface area contributed by atoms with Crippen LogP contribution in [-0.4, -0.2) is 15.0 Å². The van der Waals surface area contributed by atoms with E-state index in [1.165, 1.54) is 27.6 Å². The molecule has 0 amide bonds. The third-order valence-electron chi connectivity index (χ3n) is 11.0. The Morgan fingerprint density at radius 3 is 1.75 bits per heavy atom. The third kappa shape index (κ3) is 5.50. The molecule has 4 heteroatoms. The molecule has 0 spiro atoms. The minimum absolute atomic E-state index is 0.641. The van der Waals surface area contributed by atoms with Crippen LogP contribution in [0.2, 0.25) is 0 Å². The predicted molar refractivity (Wildman–Crippen MR) is 226 cm³/mol. The van der Waals surface area contributed by atoms with Crippen molar-refractivity contribution in [3.8, 4) is 45.3 Å². The van der Waals surface area contributed by atoms with Gasteiger partial charge in [-0.1, -0.05) is 146 Å². The molecule has 0 saturated carbocycles. The number of rotatable bonds is 5. The Balaban J connectivity index is 1.00. The Morgan fingerprint density at radius 2 is 0.945 bits per heavy atom. The van der Waals surface area contributed by atoms with E-state index in [0.717, 1.165) is 78.8 Å². The van der Waals surface area contributed by atoms with Crippen LogP contribution in [0.25, 0.3) is 94.3 Å². The number of allylic oxidation sites excluding steroid dienone is 1.